The summed E-state index contributed by atoms with van der Waals surface area (Å²) in [5.74, 6) is 0.844. The van der Waals surface area contributed by atoms with Crippen LogP contribution in [0.15, 0.2) is 30.5 Å². The van der Waals surface area contributed by atoms with E-state index in [1.807, 2.05) is 31.2 Å². The van der Waals surface area contributed by atoms with E-state index in [4.69, 9.17) is 14.2 Å². The molecule has 1 aliphatic carbocycles. The van der Waals surface area contributed by atoms with E-state index in [1.54, 1.807) is 11.3 Å². The highest BCUT2D eigenvalue weighted by Crippen LogP contribution is 2.44. The minimum atomic E-state index is -0.449. The lowest BCUT2D eigenvalue weighted by Gasteiger charge is -2.12. The van der Waals surface area contributed by atoms with Gasteiger partial charge in [-0.15, -0.1) is 11.3 Å². The van der Waals surface area contributed by atoms with Gasteiger partial charge in [-0.2, -0.15) is 0 Å². The number of rotatable bonds is 7. The average molecular weight is 359 g/mol. The predicted molar refractivity (Wildman–Crippen MR) is 96.6 cm³/mol. The first kappa shape index (κ1) is 17.5. The summed E-state index contributed by atoms with van der Waals surface area (Å²) in [5, 5.41) is 1.16. The van der Waals surface area contributed by atoms with Crippen LogP contribution in [0.2, 0.25) is 0 Å². The van der Waals surface area contributed by atoms with Crippen LogP contribution < -0.4 is 4.74 Å². The zero-order valence-electron chi connectivity index (χ0n) is 14.6. The predicted octanol–water partition coefficient (Wildman–Crippen LogP) is 4.07. The molecule has 0 N–H and O–H groups in total. The maximum absolute atomic E-state index is 12.0. The number of hydrogen-bond acceptors (Lipinski definition) is 6. The Morgan fingerprint density at radius 1 is 1.32 bits per heavy atom. The molecular formula is C19H21NO4S. The van der Waals surface area contributed by atoms with Gasteiger partial charge in [0.15, 0.2) is 0 Å². The molecule has 2 aromatic rings. The molecule has 0 saturated heterocycles. The van der Waals surface area contributed by atoms with Gasteiger partial charge in [0.25, 0.3) is 0 Å². The van der Waals surface area contributed by atoms with Crippen LogP contribution in [0, 0.1) is 6.92 Å². The molecule has 0 aliphatic heterocycles. The first-order valence-electron chi connectivity index (χ1n) is 8.13. The van der Waals surface area contributed by atoms with E-state index in [-0.39, 0.29) is 0 Å². The molecule has 3 rings (SSSR count). The summed E-state index contributed by atoms with van der Waals surface area (Å²) in [6, 6.07) is 7.55. The van der Waals surface area contributed by atoms with Gasteiger partial charge in [0.1, 0.15) is 17.2 Å². The largest absolute Gasteiger partial charge is 0.503 e. The van der Waals surface area contributed by atoms with Crippen molar-refractivity contribution in [3.05, 3.63) is 51.5 Å². The number of aryl methyl sites for hydroxylation is 1. The Balaban J connectivity index is 1.81. The van der Waals surface area contributed by atoms with Crippen LogP contribution in [0.25, 0.3) is 5.57 Å². The molecule has 1 fully saturated rings. The smallest absolute Gasteiger partial charge is 0.341 e. The number of aromatic nitrogens is 1. The standard InChI is InChI=1S/C19H21NO4S/c1-12-17(20-18(25-12)13-8-9-13)24-10-14-6-4-5-7-15(14)16(11-22-2)19(21)23-3/h4-7,11,13H,8-10H2,1-3H3/b16-11+. The normalized spacial score (nSPS) is 14.3. The van der Waals surface area contributed by atoms with Crippen LogP contribution in [-0.4, -0.2) is 25.2 Å². The number of benzene rings is 1. The number of nitrogens with zero attached hydrogens (tertiary/aromatic N) is 1. The van der Waals surface area contributed by atoms with E-state index < -0.39 is 5.97 Å². The van der Waals surface area contributed by atoms with Crippen LogP contribution in [0.3, 0.4) is 0 Å². The van der Waals surface area contributed by atoms with Gasteiger partial charge in [-0.25, -0.2) is 9.78 Å². The summed E-state index contributed by atoms with van der Waals surface area (Å²) in [7, 11) is 2.85. The highest BCUT2D eigenvalue weighted by atomic mass is 32.1. The topological polar surface area (TPSA) is 57.7 Å². The zero-order chi connectivity index (χ0) is 17.8. The van der Waals surface area contributed by atoms with Crippen LogP contribution in [0.1, 0.15) is 39.8 Å². The Hall–Kier alpha value is -2.34. The number of carbonyl (C=O) groups excluding carboxylic acids is 1. The Labute approximate surface area is 151 Å². The lowest BCUT2D eigenvalue weighted by atomic mass is 10.0. The van der Waals surface area contributed by atoms with E-state index in [9.17, 15) is 4.79 Å². The molecule has 132 valence electrons. The van der Waals surface area contributed by atoms with Crippen molar-refractivity contribution >= 4 is 22.9 Å². The third kappa shape index (κ3) is 4.02. The van der Waals surface area contributed by atoms with Crippen molar-refractivity contribution in [2.24, 2.45) is 0 Å². The number of thiazole rings is 1. The van der Waals surface area contributed by atoms with Crippen molar-refractivity contribution in [3.63, 3.8) is 0 Å². The van der Waals surface area contributed by atoms with Crippen LogP contribution in [-0.2, 0) is 20.9 Å². The van der Waals surface area contributed by atoms with Gasteiger partial charge in [-0.05, 0) is 30.9 Å². The lowest BCUT2D eigenvalue weighted by Crippen LogP contribution is -2.08. The summed E-state index contributed by atoms with van der Waals surface area (Å²) in [6.45, 7) is 2.35. The number of carbonyl (C=O) groups is 1. The molecule has 1 aromatic carbocycles. The van der Waals surface area contributed by atoms with Gasteiger partial charge < -0.3 is 14.2 Å². The minimum absolute atomic E-state index is 0.322. The molecule has 25 heavy (non-hydrogen) atoms. The molecule has 1 heterocycles. The second-order valence-corrected chi connectivity index (χ2v) is 7.13. The summed E-state index contributed by atoms with van der Waals surface area (Å²) >= 11 is 1.71. The number of hydrogen-bond donors (Lipinski definition) is 0. The molecular weight excluding hydrogens is 338 g/mol. The van der Waals surface area contributed by atoms with E-state index in [1.165, 1.54) is 33.3 Å². The molecule has 1 aromatic heterocycles. The van der Waals surface area contributed by atoms with Gasteiger partial charge >= 0.3 is 5.97 Å². The molecule has 0 spiro atoms. The van der Waals surface area contributed by atoms with Crippen LogP contribution in [0.4, 0.5) is 0 Å². The summed E-state index contributed by atoms with van der Waals surface area (Å²) in [6.07, 6.45) is 3.84. The van der Waals surface area contributed by atoms with E-state index in [0.29, 0.717) is 24.0 Å². The summed E-state index contributed by atoms with van der Waals surface area (Å²) in [4.78, 5) is 17.7. The SMILES string of the molecule is CO/C=C(/C(=O)OC)c1ccccc1COc1nc(C2CC2)sc1C. The van der Waals surface area contributed by atoms with Gasteiger partial charge in [-0.3, -0.25) is 0 Å². The number of esters is 1. The van der Waals surface area contributed by atoms with Crippen molar-refractivity contribution in [3.8, 4) is 5.88 Å². The molecule has 0 atom stereocenters. The molecule has 6 heteroatoms. The van der Waals surface area contributed by atoms with Crippen LogP contribution >= 0.6 is 11.3 Å². The average Bonchev–Trinajstić information content (AvgIpc) is 3.41. The molecule has 1 aliphatic rings. The fourth-order valence-corrected chi connectivity index (χ4v) is 3.58. The maximum atomic E-state index is 12.0. The highest BCUT2D eigenvalue weighted by Gasteiger charge is 2.28. The van der Waals surface area contributed by atoms with Gasteiger partial charge in [0.05, 0.1) is 25.4 Å². The second-order valence-electron chi connectivity index (χ2n) is 5.89. The third-order valence-corrected chi connectivity index (χ3v) is 5.12. The van der Waals surface area contributed by atoms with Crippen LogP contribution in [0.5, 0.6) is 5.88 Å². The Bertz CT molecular complexity index is 792. The van der Waals surface area contributed by atoms with Crippen molar-refractivity contribution in [2.45, 2.75) is 32.3 Å². The number of methoxy groups -OCH3 is 2. The Morgan fingerprint density at radius 2 is 2.08 bits per heavy atom. The van der Waals surface area contributed by atoms with Gasteiger partial charge in [0.2, 0.25) is 5.88 Å². The lowest BCUT2D eigenvalue weighted by molar-refractivity contribution is -0.133. The van der Waals surface area contributed by atoms with Crippen molar-refractivity contribution < 1.29 is 19.0 Å². The second kappa shape index (κ2) is 7.70. The van der Waals surface area contributed by atoms with E-state index in [0.717, 1.165) is 21.0 Å². The minimum Gasteiger partial charge on any atom is -0.503 e. The first-order valence-corrected chi connectivity index (χ1v) is 8.95. The molecule has 0 bridgehead atoms. The molecule has 0 amide bonds. The highest BCUT2D eigenvalue weighted by molar-refractivity contribution is 7.12. The fraction of sp³-hybridized carbons (Fsp3) is 0.368. The quantitative estimate of drug-likeness (QED) is 0.424. The monoisotopic (exact) mass is 359 g/mol. The third-order valence-electron chi connectivity index (χ3n) is 4.01. The van der Waals surface area contributed by atoms with Crippen molar-refractivity contribution in [2.75, 3.05) is 14.2 Å². The van der Waals surface area contributed by atoms with Crippen molar-refractivity contribution in [1.82, 2.24) is 4.98 Å². The zero-order valence-corrected chi connectivity index (χ0v) is 15.4. The van der Waals surface area contributed by atoms with Gasteiger partial charge in [0, 0.05) is 5.92 Å². The maximum Gasteiger partial charge on any atom is 0.341 e. The van der Waals surface area contributed by atoms with Crippen molar-refractivity contribution in [1.29, 1.82) is 0 Å². The Morgan fingerprint density at radius 3 is 2.76 bits per heavy atom. The van der Waals surface area contributed by atoms with E-state index >= 15 is 0 Å². The molecule has 1 saturated carbocycles. The fourth-order valence-electron chi connectivity index (χ4n) is 2.55. The molecule has 5 nitrogen and oxygen atoms in total. The molecule has 0 radical (unpaired) electrons. The number of ether oxygens (including phenoxy) is 3. The Kier molecular flexibility index (Phi) is 5.38. The first-order chi connectivity index (χ1) is 12.1. The van der Waals surface area contributed by atoms with Gasteiger partial charge in [-0.1, -0.05) is 24.3 Å². The summed E-state index contributed by atoms with van der Waals surface area (Å²) < 4.78 is 15.8. The summed E-state index contributed by atoms with van der Waals surface area (Å²) in [5.41, 5.74) is 1.96. The van der Waals surface area contributed by atoms with E-state index in [2.05, 4.69) is 4.98 Å². The molecule has 0 unspecified atom stereocenters.